The molecule has 4 heteroatoms. The summed E-state index contributed by atoms with van der Waals surface area (Å²) in [6.45, 7) is 3.78. The van der Waals surface area contributed by atoms with E-state index in [2.05, 4.69) is 30.0 Å². The Morgan fingerprint density at radius 1 is 1.19 bits per heavy atom. The van der Waals surface area contributed by atoms with Gasteiger partial charge in [0.25, 0.3) is 0 Å². The molecule has 0 N–H and O–H groups in total. The molecule has 142 valence electrons. The number of halogens is 1. The van der Waals surface area contributed by atoms with E-state index in [-0.39, 0.29) is 5.92 Å². The number of hydrogen-bond acceptors (Lipinski definition) is 2. The minimum absolute atomic E-state index is 0.282. The molecule has 1 unspecified atom stereocenters. The fourth-order valence-electron chi connectivity index (χ4n) is 4.27. The van der Waals surface area contributed by atoms with E-state index in [1.54, 1.807) is 0 Å². The first-order valence-electron chi connectivity index (χ1n) is 10.1. The first-order valence-corrected chi connectivity index (χ1v) is 10.5. The Labute approximate surface area is 166 Å². The Morgan fingerprint density at radius 2 is 2.00 bits per heavy atom. The van der Waals surface area contributed by atoms with Crippen LogP contribution in [0.15, 0.2) is 36.4 Å². The number of pyridine rings is 1. The van der Waals surface area contributed by atoms with Crippen molar-refractivity contribution >= 4 is 17.5 Å². The number of benzene rings is 1. The Kier molecular flexibility index (Phi) is 5.49. The summed E-state index contributed by atoms with van der Waals surface area (Å²) < 4.78 is 0. The van der Waals surface area contributed by atoms with Gasteiger partial charge in [-0.2, -0.15) is 0 Å². The van der Waals surface area contributed by atoms with Crippen LogP contribution in [-0.2, 0) is 11.2 Å². The third-order valence-electron chi connectivity index (χ3n) is 5.99. The van der Waals surface area contributed by atoms with Crippen LogP contribution in [-0.4, -0.2) is 28.9 Å². The number of rotatable bonds is 4. The smallest absolute Gasteiger partial charge is 0.225 e. The van der Waals surface area contributed by atoms with Crippen molar-refractivity contribution in [3.63, 3.8) is 0 Å². The maximum Gasteiger partial charge on any atom is 0.225 e. The number of carbonyl (C=O) groups excluding carboxylic acids is 1. The van der Waals surface area contributed by atoms with Crippen molar-refractivity contribution in [1.82, 2.24) is 9.88 Å². The lowest BCUT2D eigenvalue weighted by atomic mass is 9.83. The summed E-state index contributed by atoms with van der Waals surface area (Å²) in [4.78, 5) is 19.6. The highest BCUT2D eigenvalue weighted by molar-refractivity contribution is 6.31. The highest BCUT2D eigenvalue weighted by Crippen LogP contribution is 2.32. The molecule has 1 atom stereocenters. The number of aryl methyl sites for hydroxylation is 1. The third kappa shape index (κ3) is 4.19. The molecule has 27 heavy (non-hydrogen) atoms. The van der Waals surface area contributed by atoms with E-state index in [0.717, 1.165) is 67.2 Å². The van der Waals surface area contributed by atoms with E-state index in [1.165, 1.54) is 12.0 Å². The van der Waals surface area contributed by atoms with Crippen LogP contribution in [0, 0.1) is 12.8 Å². The Bertz CT molecular complexity index is 831. The zero-order valence-corrected chi connectivity index (χ0v) is 16.7. The van der Waals surface area contributed by atoms with Crippen molar-refractivity contribution in [1.29, 1.82) is 0 Å². The molecule has 4 rings (SSSR count). The van der Waals surface area contributed by atoms with Crippen LogP contribution in [0.5, 0.6) is 0 Å². The highest BCUT2D eigenvalue weighted by atomic mass is 35.5. The van der Waals surface area contributed by atoms with Crippen molar-refractivity contribution in [2.75, 3.05) is 13.1 Å². The SMILES string of the molecule is Cc1cc(Cc2ccccc2Cl)cc(C2CCCN(C(=O)C3CCC3)C2)n1. The number of carbonyl (C=O) groups is 1. The fourth-order valence-corrected chi connectivity index (χ4v) is 4.48. The molecule has 2 heterocycles. The van der Waals surface area contributed by atoms with Gasteiger partial charge in [-0.15, -0.1) is 0 Å². The van der Waals surface area contributed by atoms with E-state index >= 15 is 0 Å². The quantitative estimate of drug-likeness (QED) is 0.733. The second-order valence-electron chi connectivity index (χ2n) is 8.06. The van der Waals surface area contributed by atoms with Gasteiger partial charge < -0.3 is 4.90 Å². The highest BCUT2D eigenvalue weighted by Gasteiger charge is 2.33. The van der Waals surface area contributed by atoms with Crippen LogP contribution in [0.1, 0.15) is 60.5 Å². The number of likely N-dealkylation sites (tertiary alicyclic amines) is 1. The molecule has 0 spiro atoms. The summed E-state index contributed by atoms with van der Waals surface area (Å²) in [5, 5.41) is 0.809. The Morgan fingerprint density at radius 3 is 2.74 bits per heavy atom. The van der Waals surface area contributed by atoms with Gasteiger partial charge >= 0.3 is 0 Å². The van der Waals surface area contributed by atoms with Crippen molar-refractivity contribution in [3.8, 4) is 0 Å². The minimum Gasteiger partial charge on any atom is -0.342 e. The molecular weight excluding hydrogens is 356 g/mol. The number of aromatic nitrogens is 1. The topological polar surface area (TPSA) is 33.2 Å². The van der Waals surface area contributed by atoms with Crippen LogP contribution in [0.2, 0.25) is 5.02 Å². The standard InChI is InChI=1S/C23H27ClN2O/c1-16-12-17(13-19-6-2-3-10-21(19)24)14-22(25-16)20-9-5-11-26(15-20)23(27)18-7-4-8-18/h2-3,6,10,12,14,18,20H,4-5,7-9,11,13,15H2,1H3. The molecular formula is C23H27ClN2O. The molecule has 2 aliphatic rings. The predicted molar refractivity (Wildman–Crippen MR) is 109 cm³/mol. The van der Waals surface area contributed by atoms with Gasteiger partial charge in [-0.3, -0.25) is 9.78 Å². The molecule has 1 aromatic heterocycles. The molecule has 0 radical (unpaired) electrons. The second-order valence-corrected chi connectivity index (χ2v) is 8.47. The fraction of sp³-hybridized carbons (Fsp3) is 0.478. The van der Waals surface area contributed by atoms with Gasteiger partial charge in [-0.25, -0.2) is 0 Å². The van der Waals surface area contributed by atoms with Crippen molar-refractivity contribution in [3.05, 3.63) is 63.9 Å². The summed E-state index contributed by atoms with van der Waals surface area (Å²) in [5.74, 6) is 0.993. The van der Waals surface area contributed by atoms with Gasteiger partial charge in [-0.1, -0.05) is 36.2 Å². The van der Waals surface area contributed by atoms with Crippen LogP contribution >= 0.6 is 11.6 Å². The third-order valence-corrected chi connectivity index (χ3v) is 6.36. The first-order chi connectivity index (χ1) is 13.1. The average molecular weight is 383 g/mol. The summed E-state index contributed by atoms with van der Waals surface area (Å²) in [6, 6.07) is 12.4. The lowest BCUT2D eigenvalue weighted by molar-refractivity contribution is -0.139. The molecule has 1 amide bonds. The van der Waals surface area contributed by atoms with Crippen molar-refractivity contribution < 1.29 is 4.79 Å². The zero-order chi connectivity index (χ0) is 18.8. The predicted octanol–water partition coefficient (Wildman–Crippen LogP) is 5.14. The summed E-state index contributed by atoms with van der Waals surface area (Å²) >= 11 is 6.35. The van der Waals surface area contributed by atoms with Gasteiger partial charge in [0.05, 0.1) is 0 Å². The van der Waals surface area contributed by atoms with Gasteiger partial charge in [0.1, 0.15) is 0 Å². The first kappa shape index (κ1) is 18.5. The van der Waals surface area contributed by atoms with E-state index in [9.17, 15) is 4.79 Å². The number of hydrogen-bond donors (Lipinski definition) is 0. The van der Waals surface area contributed by atoms with E-state index < -0.39 is 0 Å². The van der Waals surface area contributed by atoms with E-state index in [0.29, 0.717) is 11.8 Å². The van der Waals surface area contributed by atoms with Gasteiger partial charge in [0.2, 0.25) is 5.91 Å². The molecule has 2 aromatic rings. The second kappa shape index (κ2) is 8.02. The normalized spacial score (nSPS) is 20.4. The molecule has 3 nitrogen and oxygen atoms in total. The summed E-state index contributed by atoms with van der Waals surface area (Å²) in [5.41, 5.74) is 4.55. The van der Waals surface area contributed by atoms with Crippen LogP contribution in [0.3, 0.4) is 0 Å². The lowest BCUT2D eigenvalue weighted by Crippen LogP contribution is -2.44. The largest absolute Gasteiger partial charge is 0.342 e. The lowest BCUT2D eigenvalue weighted by Gasteiger charge is -2.37. The van der Waals surface area contributed by atoms with E-state index in [4.69, 9.17) is 16.6 Å². The number of piperidine rings is 1. The monoisotopic (exact) mass is 382 g/mol. The van der Waals surface area contributed by atoms with Gasteiger partial charge in [-0.05, 0) is 68.4 Å². The Balaban J connectivity index is 1.52. The molecule has 1 aliphatic carbocycles. The maximum absolute atomic E-state index is 12.7. The van der Waals surface area contributed by atoms with Crippen molar-refractivity contribution in [2.24, 2.45) is 5.92 Å². The van der Waals surface area contributed by atoms with Gasteiger partial charge in [0, 0.05) is 41.3 Å². The number of amides is 1. The van der Waals surface area contributed by atoms with Crippen LogP contribution in [0.4, 0.5) is 0 Å². The molecule has 2 fully saturated rings. The molecule has 1 saturated heterocycles. The maximum atomic E-state index is 12.7. The van der Waals surface area contributed by atoms with E-state index in [1.807, 2.05) is 18.2 Å². The summed E-state index contributed by atoms with van der Waals surface area (Å²) in [6.07, 6.45) is 6.34. The molecule has 1 aliphatic heterocycles. The van der Waals surface area contributed by atoms with Crippen LogP contribution in [0.25, 0.3) is 0 Å². The summed E-state index contributed by atoms with van der Waals surface area (Å²) in [7, 11) is 0. The average Bonchev–Trinajstić information content (AvgIpc) is 2.62. The molecule has 1 aromatic carbocycles. The zero-order valence-electron chi connectivity index (χ0n) is 16.0. The molecule has 0 bridgehead atoms. The minimum atomic E-state index is 0.282. The number of nitrogens with zero attached hydrogens (tertiary/aromatic N) is 2. The van der Waals surface area contributed by atoms with Gasteiger partial charge in [0.15, 0.2) is 0 Å². The van der Waals surface area contributed by atoms with Crippen LogP contribution < -0.4 is 0 Å². The Hall–Kier alpha value is -1.87. The van der Waals surface area contributed by atoms with Crippen molar-refractivity contribution in [2.45, 2.75) is 51.4 Å². The molecule has 1 saturated carbocycles.